The van der Waals surface area contributed by atoms with Crippen molar-refractivity contribution in [2.24, 2.45) is 5.73 Å². The highest BCUT2D eigenvalue weighted by Gasteiger charge is 2.34. The predicted molar refractivity (Wildman–Crippen MR) is 83.9 cm³/mol. The molecular weight excluding hydrogens is 257 g/mol. The second kappa shape index (κ2) is 6.79. The Morgan fingerprint density at radius 2 is 2.00 bits per heavy atom. The summed E-state index contributed by atoms with van der Waals surface area (Å²) in [4.78, 5) is 1.15. The van der Waals surface area contributed by atoms with Crippen molar-refractivity contribution in [2.75, 3.05) is 6.54 Å². The van der Waals surface area contributed by atoms with Crippen molar-refractivity contribution >= 4 is 24.3 Å². The van der Waals surface area contributed by atoms with Crippen LogP contribution in [0.5, 0.6) is 0 Å². The summed E-state index contributed by atoms with van der Waals surface area (Å²) < 4.78 is 5.55. The highest BCUT2D eigenvalue weighted by Crippen LogP contribution is 2.33. The summed E-state index contributed by atoms with van der Waals surface area (Å²) in [6.45, 7) is 10.9. The number of thioether (sulfide) groups is 1. The van der Waals surface area contributed by atoms with Gasteiger partial charge in [0.05, 0.1) is 6.10 Å². The number of nitrogens with two attached hydrogens (primary N) is 1. The van der Waals surface area contributed by atoms with Gasteiger partial charge in [-0.15, -0.1) is 11.8 Å². The van der Waals surface area contributed by atoms with Crippen LogP contribution in [0.25, 0.3) is 0 Å². The maximum atomic E-state index is 9.82. The van der Waals surface area contributed by atoms with E-state index < -0.39 is 7.12 Å². The second-order valence-corrected chi connectivity index (χ2v) is 7.12. The standard InChI is InChI=1S/C12H18BNO2S.C2H6/c1-12(2,3)17-8-4-5-9-10(6-8)13(15)16-11(9)7-14;1-2/h4-6,11,15H,7,14H2,1-3H3;1-2H3. The van der Waals surface area contributed by atoms with E-state index in [1.54, 1.807) is 11.8 Å². The topological polar surface area (TPSA) is 55.5 Å². The van der Waals surface area contributed by atoms with Gasteiger partial charge in [-0.05, 0) is 23.2 Å². The molecular formula is C14H24BNO2S. The quantitative estimate of drug-likeness (QED) is 0.645. The number of rotatable bonds is 2. The Labute approximate surface area is 121 Å². The lowest BCUT2D eigenvalue weighted by Gasteiger charge is -2.18. The molecule has 1 aromatic carbocycles. The van der Waals surface area contributed by atoms with Crippen molar-refractivity contribution in [3.8, 4) is 0 Å². The van der Waals surface area contributed by atoms with Gasteiger partial charge >= 0.3 is 7.12 Å². The van der Waals surface area contributed by atoms with Crippen molar-refractivity contribution in [2.45, 2.75) is 50.4 Å². The zero-order chi connectivity index (χ0) is 14.6. The van der Waals surface area contributed by atoms with Crippen LogP contribution >= 0.6 is 11.8 Å². The van der Waals surface area contributed by atoms with E-state index in [-0.39, 0.29) is 10.9 Å². The van der Waals surface area contributed by atoms with Crippen LogP contribution in [0.2, 0.25) is 0 Å². The molecule has 0 bridgehead atoms. The highest BCUT2D eigenvalue weighted by atomic mass is 32.2. The minimum absolute atomic E-state index is 0.159. The molecule has 0 saturated carbocycles. The van der Waals surface area contributed by atoms with Gasteiger partial charge in [0, 0.05) is 16.2 Å². The van der Waals surface area contributed by atoms with Gasteiger partial charge in [0.15, 0.2) is 0 Å². The minimum atomic E-state index is -0.834. The van der Waals surface area contributed by atoms with Crippen molar-refractivity contribution in [3.63, 3.8) is 0 Å². The first kappa shape index (κ1) is 16.6. The van der Waals surface area contributed by atoms with Crippen LogP contribution in [-0.2, 0) is 4.65 Å². The van der Waals surface area contributed by atoms with Crippen LogP contribution in [0.1, 0.15) is 46.3 Å². The molecule has 106 valence electrons. The van der Waals surface area contributed by atoms with Gasteiger partial charge in [-0.2, -0.15) is 0 Å². The van der Waals surface area contributed by atoms with Crippen molar-refractivity contribution in [3.05, 3.63) is 23.8 Å². The van der Waals surface area contributed by atoms with Crippen molar-refractivity contribution < 1.29 is 9.68 Å². The van der Waals surface area contributed by atoms with Crippen LogP contribution in [0.4, 0.5) is 0 Å². The molecule has 1 aliphatic heterocycles. The summed E-state index contributed by atoms with van der Waals surface area (Å²) in [5, 5.41) is 9.82. The molecule has 0 radical (unpaired) electrons. The van der Waals surface area contributed by atoms with E-state index in [1.807, 2.05) is 26.0 Å². The fourth-order valence-corrected chi connectivity index (χ4v) is 2.99. The number of benzene rings is 1. The van der Waals surface area contributed by atoms with Crippen LogP contribution < -0.4 is 11.2 Å². The van der Waals surface area contributed by atoms with Crippen molar-refractivity contribution in [1.29, 1.82) is 0 Å². The molecule has 0 amide bonds. The first-order valence-electron chi connectivity index (χ1n) is 6.77. The van der Waals surface area contributed by atoms with Gasteiger partial charge in [-0.3, -0.25) is 0 Å². The third kappa shape index (κ3) is 4.24. The monoisotopic (exact) mass is 281 g/mol. The summed E-state index contributed by atoms with van der Waals surface area (Å²) in [5.74, 6) is 0. The Morgan fingerprint density at radius 1 is 1.37 bits per heavy atom. The first-order chi connectivity index (χ1) is 8.90. The van der Waals surface area contributed by atoms with Crippen LogP contribution in [0, 0.1) is 0 Å². The summed E-state index contributed by atoms with van der Waals surface area (Å²) in [6, 6.07) is 6.08. The Balaban J connectivity index is 0.000000861. The Bertz CT molecular complexity index is 420. The average molecular weight is 281 g/mol. The molecule has 3 nitrogen and oxygen atoms in total. The molecule has 0 aliphatic carbocycles. The SMILES string of the molecule is CC.CC(C)(C)Sc1ccc2c(c1)B(O)OC2CN. The maximum absolute atomic E-state index is 9.82. The molecule has 0 fully saturated rings. The van der Waals surface area contributed by atoms with E-state index >= 15 is 0 Å². The van der Waals surface area contributed by atoms with E-state index in [0.29, 0.717) is 6.54 Å². The van der Waals surface area contributed by atoms with Crippen LogP contribution in [0.3, 0.4) is 0 Å². The number of fused-ring (bicyclic) bond motifs is 1. The minimum Gasteiger partial charge on any atom is -0.423 e. The summed E-state index contributed by atoms with van der Waals surface area (Å²) in [7, 11) is -0.834. The summed E-state index contributed by atoms with van der Waals surface area (Å²) in [5.41, 5.74) is 7.48. The fourth-order valence-electron chi connectivity index (χ4n) is 1.96. The molecule has 1 aliphatic rings. The van der Waals surface area contributed by atoms with Gasteiger partial charge in [0.2, 0.25) is 0 Å². The summed E-state index contributed by atoms with van der Waals surface area (Å²) >= 11 is 1.78. The molecule has 0 aromatic heterocycles. The predicted octanol–water partition coefficient (Wildman–Crippen LogP) is 2.32. The van der Waals surface area contributed by atoms with Gasteiger partial charge in [0.1, 0.15) is 0 Å². The zero-order valence-electron chi connectivity index (χ0n) is 12.4. The Kier molecular flexibility index (Phi) is 5.93. The van der Waals surface area contributed by atoms with Gasteiger partial charge in [-0.25, -0.2) is 0 Å². The summed E-state index contributed by atoms with van der Waals surface area (Å²) in [6.07, 6.45) is -0.173. The second-order valence-electron chi connectivity index (χ2n) is 5.22. The zero-order valence-corrected chi connectivity index (χ0v) is 13.3. The van der Waals surface area contributed by atoms with E-state index in [0.717, 1.165) is 15.9 Å². The van der Waals surface area contributed by atoms with E-state index in [4.69, 9.17) is 10.4 Å². The average Bonchev–Trinajstić information content (AvgIpc) is 2.67. The maximum Gasteiger partial charge on any atom is 0.492 e. The molecule has 1 unspecified atom stereocenters. The van der Waals surface area contributed by atoms with Crippen molar-refractivity contribution in [1.82, 2.24) is 0 Å². The third-order valence-electron chi connectivity index (χ3n) is 2.60. The van der Waals surface area contributed by atoms with E-state index in [2.05, 4.69) is 26.8 Å². The molecule has 1 aromatic rings. The van der Waals surface area contributed by atoms with Gasteiger partial charge < -0.3 is 15.4 Å². The molecule has 0 saturated heterocycles. The number of hydrogen-bond acceptors (Lipinski definition) is 4. The fraction of sp³-hybridized carbons (Fsp3) is 0.571. The molecule has 0 spiro atoms. The normalized spacial score (nSPS) is 17.8. The Hall–Kier alpha value is -0.485. The largest absolute Gasteiger partial charge is 0.492 e. The van der Waals surface area contributed by atoms with Crippen LogP contribution in [0.15, 0.2) is 23.1 Å². The lowest BCUT2D eigenvalue weighted by Crippen LogP contribution is -2.28. The highest BCUT2D eigenvalue weighted by molar-refractivity contribution is 8.00. The molecule has 5 heteroatoms. The van der Waals surface area contributed by atoms with Gasteiger partial charge in [-0.1, -0.05) is 40.7 Å². The van der Waals surface area contributed by atoms with E-state index in [1.165, 1.54) is 0 Å². The molecule has 3 N–H and O–H groups in total. The van der Waals surface area contributed by atoms with E-state index in [9.17, 15) is 5.02 Å². The molecule has 1 heterocycles. The first-order valence-corrected chi connectivity index (χ1v) is 7.59. The molecule has 2 rings (SSSR count). The Morgan fingerprint density at radius 3 is 2.53 bits per heavy atom. The number of hydrogen-bond donors (Lipinski definition) is 2. The molecule has 1 atom stereocenters. The molecule has 19 heavy (non-hydrogen) atoms. The lowest BCUT2D eigenvalue weighted by molar-refractivity contribution is 0.198. The lowest BCUT2D eigenvalue weighted by atomic mass is 9.79. The third-order valence-corrected chi connectivity index (χ3v) is 3.70. The smallest absolute Gasteiger partial charge is 0.423 e. The van der Waals surface area contributed by atoms with Crippen LogP contribution in [-0.4, -0.2) is 23.4 Å². The van der Waals surface area contributed by atoms with Gasteiger partial charge in [0.25, 0.3) is 0 Å².